The van der Waals surface area contributed by atoms with Gasteiger partial charge in [0.05, 0.1) is 6.61 Å². The van der Waals surface area contributed by atoms with Gasteiger partial charge in [-0.3, -0.25) is 0 Å². The zero-order valence-electron chi connectivity index (χ0n) is 16.0. The van der Waals surface area contributed by atoms with Gasteiger partial charge in [0.15, 0.2) is 0 Å². The van der Waals surface area contributed by atoms with Crippen molar-refractivity contribution in [2.24, 2.45) is 0 Å². The van der Waals surface area contributed by atoms with Crippen molar-refractivity contribution in [1.82, 2.24) is 0 Å². The quantitative estimate of drug-likeness (QED) is 0.741. The van der Waals surface area contributed by atoms with Crippen molar-refractivity contribution in [3.63, 3.8) is 0 Å². The van der Waals surface area contributed by atoms with Crippen molar-refractivity contribution in [2.45, 2.75) is 29.2 Å². The number of benzene rings is 2. The van der Waals surface area contributed by atoms with Crippen LogP contribution in [0.5, 0.6) is 0 Å². The van der Waals surface area contributed by atoms with Crippen LogP contribution in [0.4, 0.5) is 0 Å². The Morgan fingerprint density at radius 3 is 2.70 bits per heavy atom. The van der Waals surface area contributed by atoms with E-state index in [9.17, 15) is 0 Å². The van der Waals surface area contributed by atoms with E-state index in [1.807, 2.05) is 17.8 Å². The molecule has 0 radical (unpaired) electrons. The van der Waals surface area contributed by atoms with Crippen LogP contribution in [0.3, 0.4) is 0 Å². The average molecular weight is 405 g/mol. The molecule has 1 atom stereocenters. The monoisotopic (exact) mass is 404 g/mol. The fourth-order valence-corrected chi connectivity index (χ4v) is 5.68. The van der Waals surface area contributed by atoms with E-state index < -0.39 is 0 Å². The minimum absolute atomic E-state index is 0.516. The number of fused-ring (bicyclic) bond motifs is 2. The first kappa shape index (κ1) is 19.3. The topological polar surface area (TPSA) is 18.1 Å². The first-order valence-electron chi connectivity index (χ1n) is 10.1. The minimum atomic E-state index is 0.516. The van der Waals surface area contributed by atoms with Gasteiger partial charge in [0.1, 0.15) is 38.8 Å². The van der Waals surface area contributed by atoms with Gasteiger partial charge in [-0.1, -0.05) is 41.6 Å². The van der Waals surface area contributed by atoms with Gasteiger partial charge in [-0.05, 0) is 36.8 Å². The Bertz CT molecular complexity index is 777. The molecule has 2 N–H and O–H groups in total. The molecule has 0 bridgehead atoms. The molecule has 0 unspecified atom stereocenters. The van der Waals surface area contributed by atoms with Crippen molar-refractivity contribution in [3.8, 4) is 0 Å². The summed E-state index contributed by atoms with van der Waals surface area (Å²) in [5, 5.41) is 0.847. The largest absolute Gasteiger partial charge is 0.376 e. The highest BCUT2D eigenvalue weighted by Gasteiger charge is 2.34. The molecule has 0 amide bonds. The molecule has 2 aliphatic rings. The number of quaternary nitrogens is 2. The first-order chi connectivity index (χ1) is 13.2. The van der Waals surface area contributed by atoms with Gasteiger partial charge < -0.3 is 14.5 Å². The Kier molecular flexibility index (Phi) is 6.41. The predicted molar refractivity (Wildman–Crippen MR) is 111 cm³/mol. The Labute approximate surface area is 171 Å². The molecule has 5 heteroatoms. The van der Waals surface area contributed by atoms with E-state index in [4.69, 9.17) is 16.3 Å². The highest BCUT2D eigenvalue weighted by Crippen LogP contribution is 2.40. The number of nitrogens with one attached hydrogen (secondary N) is 2. The molecule has 0 saturated carbocycles. The third-order valence-corrected chi connectivity index (χ3v) is 7.30. The second-order valence-corrected chi connectivity index (χ2v) is 9.02. The summed E-state index contributed by atoms with van der Waals surface area (Å²) in [7, 11) is 0. The Balaban J connectivity index is 1.53. The summed E-state index contributed by atoms with van der Waals surface area (Å²) in [4.78, 5) is 6.17. The highest BCUT2D eigenvalue weighted by atomic mass is 35.5. The van der Waals surface area contributed by atoms with Crippen LogP contribution in [-0.4, -0.2) is 45.9 Å². The molecule has 4 rings (SSSR count). The second kappa shape index (κ2) is 8.97. The number of piperazine rings is 1. The minimum Gasteiger partial charge on any atom is -0.376 e. The van der Waals surface area contributed by atoms with E-state index in [-0.39, 0.29) is 0 Å². The van der Waals surface area contributed by atoms with Gasteiger partial charge in [-0.25, -0.2) is 0 Å². The van der Waals surface area contributed by atoms with Gasteiger partial charge in [0, 0.05) is 33.4 Å². The molecule has 1 saturated heterocycles. The number of hydrogen-bond acceptors (Lipinski definition) is 2. The van der Waals surface area contributed by atoms with E-state index in [0.29, 0.717) is 6.04 Å². The molecule has 0 aliphatic carbocycles. The van der Waals surface area contributed by atoms with Crippen molar-refractivity contribution >= 4 is 23.4 Å². The molecule has 2 heterocycles. The number of ether oxygens (including phenoxy) is 1. The van der Waals surface area contributed by atoms with E-state index in [0.717, 1.165) is 31.2 Å². The maximum absolute atomic E-state index is 6.32. The Morgan fingerprint density at radius 2 is 1.89 bits per heavy atom. The summed E-state index contributed by atoms with van der Waals surface area (Å²) in [6, 6.07) is 15.9. The maximum Gasteiger partial charge on any atom is 0.128 e. The number of hydrogen-bond donors (Lipinski definition) is 2. The Morgan fingerprint density at radius 1 is 1.07 bits per heavy atom. The number of rotatable bonds is 5. The summed E-state index contributed by atoms with van der Waals surface area (Å²) >= 11 is 8.22. The highest BCUT2D eigenvalue weighted by molar-refractivity contribution is 7.99. The molecule has 144 valence electrons. The zero-order valence-corrected chi connectivity index (χ0v) is 17.5. The van der Waals surface area contributed by atoms with Crippen LogP contribution in [-0.2, 0) is 11.2 Å². The lowest BCUT2D eigenvalue weighted by Gasteiger charge is -2.35. The van der Waals surface area contributed by atoms with Crippen molar-refractivity contribution < 1.29 is 14.5 Å². The molecule has 2 aliphatic heterocycles. The van der Waals surface area contributed by atoms with Crippen molar-refractivity contribution in [2.75, 3.05) is 45.9 Å². The fourth-order valence-electron chi connectivity index (χ4n) is 4.37. The standard InChI is InChI=1S/C22H27ClN2OS/c1-2-26-14-13-24-9-11-25(12-10-24)20-16-17-15-18(23)7-8-21(17)27-22-6-4-3-5-19(20)22/h3-8,15,20H,2,9-14,16H2,1H3/p+2/t20-/m1/s1. The van der Waals surface area contributed by atoms with Crippen LogP contribution in [0.25, 0.3) is 0 Å². The van der Waals surface area contributed by atoms with Gasteiger partial charge in [-0.15, -0.1) is 0 Å². The van der Waals surface area contributed by atoms with E-state index >= 15 is 0 Å². The summed E-state index contributed by atoms with van der Waals surface area (Å²) in [6.45, 7) is 9.83. The molecule has 3 nitrogen and oxygen atoms in total. The fraction of sp³-hybridized carbons (Fsp3) is 0.455. The predicted octanol–water partition coefficient (Wildman–Crippen LogP) is 1.91. The van der Waals surface area contributed by atoms with Crippen LogP contribution in [0.2, 0.25) is 5.02 Å². The second-order valence-electron chi connectivity index (χ2n) is 7.50. The molecular weight excluding hydrogens is 376 g/mol. The van der Waals surface area contributed by atoms with Crippen molar-refractivity contribution in [1.29, 1.82) is 0 Å². The number of halogens is 1. The zero-order chi connectivity index (χ0) is 18.6. The lowest BCUT2D eigenvalue weighted by atomic mass is 9.96. The van der Waals surface area contributed by atoms with Crippen molar-refractivity contribution in [3.05, 3.63) is 58.6 Å². The van der Waals surface area contributed by atoms with Crippen LogP contribution in [0.15, 0.2) is 52.3 Å². The Hall–Kier alpha value is -1.04. The maximum atomic E-state index is 6.32. The van der Waals surface area contributed by atoms with Crippen LogP contribution in [0, 0.1) is 0 Å². The van der Waals surface area contributed by atoms with Crippen LogP contribution >= 0.6 is 23.4 Å². The molecule has 1 fully saturated rings. The molecule has 0 spiro atoms. The average Bonchev–Trinajstić information content (AvgIpc) is 2.85. The third kappa shape index (κ3) is 4.52. The summed E-state index contributed by atoms with van der Waals surface area (Å²) in [5.41, 5.74) is 2.90. The molecule has 0 aromatic heterocycles. The first-order valence-corrected chi connectivity index (χ1v) is 11.2. The van der Waals surface area contributed by atoms with E-state index in [1.165, 1.54) is 47.1 Å². The molecule has 2 aromatic carbocycles. The molecular formula is C22H29ClN2OS+2. The summed E-state index contributed by atoms with van der Waals surface area (Å²) in [5.74, 6) is 0. The third-order valence-electron chi connectivity index (χ3n) is 5.86. The van der Waals surface area contributed by atoms with Gasteiger partial charge in [0.25, 0.3) is 0 Å². The summed E-state index contributed by atoms with van der Waals surface area (Å²) in [6.07, 6.45) is 1.07. The SMILES string of the molecule is CCOCC[NH+]1CC[NH+]([C@@H]2Cc3cc(Cl)ccc3Sc3ccccc32)CC1. The molecule has 27 heavy (non-hydrogen) atoms. The smallest absolute Gasteiger partial charge is 0.128 e. The van der Waals surface area contributed by atoms with Crippen LogP contribution in [0.1, 0.15) is 24.1 Å². The van der Waals surface area contributed by atoms with Gasteiger partial charge in [-0.2, -0.15) is 0 Å². The lowest BCUT2D eigenvalue weighted by Crippen LogP contribution is -3.28. The van der Waals surface area contributed by atoms with Gasteiger partial charge in [0.2, 0.25) is 0 Å². The molecule has 2 aromatic rings. The van der Waals surface area contributed by atoms with E-state index in [2.05, 4.69) is 43.3 Å². The normalized spacial score (nSPS) is 24.7. The van der Waals surface area contributed by atoms with Crippen LogP contribution < -0.4 is 9.80 Å². The lowest BCUT2D eigenvalue weighted by molar-refractivity contribution is -1.03. The van der Waals surface area contributed by atoms with Gasteiger partial charge >= 0.3 is 0 Å². The summed E-state index contributed by atoms with van der Waals surface area (Å²) < 4.78 is 5.55. The van der Waals surface area contributed by atoms with E-state index in [1.54, 1.807) is 9.80 Å².